The number of nitrogens with one attached hydrogen (secondary N) is 2. The Kier molecular flexibility index (Phi) is 3.47. The third-order valence-corrected chi connectivity index (χ3v) is 4.51. The monoisotopic (exact) mass is 317 g/mol. The minimum atomic E-state index is -0.0788. The van der Waals surface area contributed by atoms with Crippen LogP contribution in [0.25, 0.3) is 28.2 Å². The van der Waals surface area contributed by atoms with Crippen LogP contribution in [0.2, 0.25) is 0 Å². The summed E-state index contributed by atoms with van der Waals surface area (Å²) in [5.41, 5.74) is 12.5. The summed E-state index contributed by atoms with van der Waals surface area (Å²) in [6.45, 7) is 2.59. The molecule has 4 nitrogen and oxygen atoms in total. The van der Waals surface area contributed by atoms with Crippen LogP contribution in [0.5, 0.6) is 0 Å². The van der Waals surface area contributed by atoms with Crippen molar-refractivity contribution >= 4 is 17.0 Å². The zero-order chi connectivity index (χ0) is 16.7. The Morgan fingerprint density at radius 3 is 2.83 bits per heavy atom. The maximum Gasteiger partial charge on any atom is 0.257 e. The van der Waals surface area contributed by atoms with E-state index in [4.69, 9.17) is 5.73 Å². The van der Waals surface area contributed by atoms with Gasteiger partial charge in [0, 0.05) is 17.8 Å². The van der Waals surface area contributed by atoms with Gasteiger partial charge in [-0.05, 0) is 60.2 Å². The predicted molar refractivity (Wildman–Crippen MR) is 99.0 cm³/mol. The number of allylic oxidation sites excluding steroid dienone is 1. The summed E-state index contributed by atoms with van der Waals surface area (Å²) in [5, 5.41) is 1.04. The lowest BCUT2D eigenvalue weighted by atomic mass is 10.1. The second kappa shape index (κ2) is 5.65. The molecular formula is C20H19N3O. The van der Waals surface area contributed by atoms with Gasteiger partial charge >= 0.3 is 0 Å². The van der Waals surface area contributed by atoms with Crippen LogP contribution in [0.15, 0.2) is 52.9 Å². The number of aromatic nitrogens is 2. The minimum Gasteiger partial charge on any atom is -0.355 e. The molecule has 3 aromatic rings. The zero-order valence-corrected chi connectivity index (χ0v) is 13.5. The summed E-state index contributed by atoms with van der Waals surface area (Å²) >= 11 is 0. The average Bonchev–Trinajstić information content (AvgIpc) is 2.88. The van der Waals surface area contributed by atoms with Gasteiger partial charge in [-0.25, -0.2) is 0 Å². The number of benzene rings is 1. The van der Waals surface area contributed by atoms with E-state index >= 15 is 0 Å². The van der Waals surface area contributed by atoms with Gasteiger partial charge in [0.25, 0.3) is 5.56 Å². The number of aryl methyl sites for hydroxylation is 1. The number of fused-ring (bicyclic) bond motifs is 2. The van der Waals surface area contributed by atoms with Gasteiger partial charge < -0.3 is 15.7 Å². The Balaban J connectivity index is 1.82. The van der Waals surface area contributed by atoms with Crippen LogP contribution in [0, 0.1) is 6.92 Å². The highest BCUT2D eigenvalue weighted by atomic mass is 16.1. The first-order valence-electron chi connectivity index (χ1n) is 8.07. The summed E-state index contributed by atoms with van der Waals surface area (Å²) in [4.78, 5) is 18.8. The summed E-state index contributed by atoms with van der Waals surface area (Å²) in [6, 6.07) is 10.0. The van der Waals surface area contributed by atoms with Crippen LogP contribution < -0.4 is 11.3 Å². The molecule has 120 valence electrons. The van der Waals surface area contributed by atoms with Crippen molar-refractivity contribution in [2.45, 2.75) is 13.3 Å². The molecule has 0 spiro atoms. The van der Waals surface area contributed by atoms with Crippen LogP contribution in [-0.2, 0) is 6.42 Å². The third kappa shape index (κ3) is 2.51. The van der Waals surface area contributed by atoms with Crippen molar-refractivity contribution < 1.29 is 0 Å². The van der Waals surface area contributed by atoms with E-state index in [1.807, 2.05) is 37.3 Å². The molecule has 2 aromatic heterocycles. The number of hydrogen-bond acceptors (Lipinski definition) is 2. The van der Waals surface area contributed by atoms with Gasteiger partial charge in [0.1, 0.15) is 0 Å². The maximum atomic E-state index is 12.5. The predicted octanol–water partition coefficient (Wildman–Crippen LogP) is 3.29. The van der Waals surface area contributed by atoms with Crippen LogP contribution in [0.1, 0.15) is 16.8 Å². The van der Waals surface area contributed by atoms with Gasteiger partial charge in [-0.15, -0.1) is 0 Å². The molecule has 1 aliphatic carbocycles. The van der Waals surface area contributed by atoms with E-state index in [1.165, 1.54) is 11.1 Å². The number of H-pyrrole nitrogens is 2. The largest absolute Gasteiger partial charge is 0.355 e. The fraction of sp³-hybridized carbons (Fsp3) is 0.150. The van der Waals surface area contributed by atoms with E-state index in [0.29, 0.717) is 12.1 Å². The van der Waals surface area contributed by atoms with Crippen molar-refractivity contribution in [1.29, 1.82) is 0 Å². The van der Waals surface area contributed by atoms with Gasteiger partial charge in [0.15, 0.2) is 0 Å². The molecular weight excluding hydrogens is 298 g/mol. The smallest absolute Gasteiger partial charge is 0.257 e. The molecule has 0 amide bonds. The molecule has 1 aliphatic rings. The molecule has 0 bridgehead atoms. The zero-order valence-electron chi connectivity index (χ0n) is 13.5. The van der Waals surface area contributed by atoms with Crippen molar-refractivity contribution in [2.24, 2.45) is 5.73 Å². The number of hydrogen-bond donors (Lipinski definition) is 3. The molecule has 0 radical (unpaired) electrons. The molecule has 4 rings (SSSR count). The maximum absolute atomic E-state index is 12.5. The average molecular weight is 317 g/mol. The van der Waals surface area contributed by atoms with Crippen molar-refractivity contribution in [3.8, 4) is 11.3 Å². The molecule has 0 fully saturated rings. The summed E-state index contributed by atoms with van der Waals surface area (Å²) in [7, 11) is 0. The lowest BCUT2D eigenvalue weighted by Gasteiger charge is -2.03. The third-order valence-electron chi connectivity index (χ3n) is 4.51. The second-order valence-electron chi connectivity index (χ2n) is 6.25. The Labute approximate surface area is 139 Å². The lowest BCUT2D eigenvalue weighted by Crippen LogP contribution is -2.08. The first-order chi connectivity index (χ1) is 11.6. The molecule has 24 heavy (non-hydrogen) atoms. The second-order valence-corrected chi connectivity index (χ2v) is 6.25. The van der Waals surface area contributed by atoms with Crippen LogP contribution in [-0.4, -0.2) is 16.5 Å². The van der Waals surface area contributed by atoms with Gasteiger partial charge in [-0.3, -0.25) is 4.79 Å². The van der Waals surface area contributed by atoms with Crippen molar-refractivity contribution in [3.63, 3.8) is 0 Å². The van der Waals surface area contributed by atoms with Crippen LogP contribution >= 0.6 is 0 Å². The molecule has 0 atom stereocenters. The molecule has 0 saturated heterocycles. The highest BCUT2D eigenvalue weighted by Crippen LogP contribution is 2.25. The molecule has 4 N–H and O–H groups in total. The standard InChI is InChI=1S/C20H19N3O/c1-12-2-6-18-15(8-12)9-16(20(24)23-18)19-10-14-5-3-13(11-21)4-7-17(14)22-19/h2-4,6-10,22H,5,11,21H2,1H3,(H,23,24). The Bertz CT molecular complexity index is 1050. The van der Waals surface area contributed by atoms with E-state index in [0.717, 1.165) is 34.3 Å². The molecule has 0 saturated carbocycles. The fourth-order valence-corrected chi connectivity index (χ4v) is 3.15. The quantitative estimate of drug-likeness (QED) is 0.678. The van der Waals surface area contributed by atoms with Gasteiger partial charge in [-0.1, -0.05) is 23.8 Å². The lowest BCUT2D eigenvalue weighted by molar-refractivity contribution is 1.15. The molecule has 0 aliphatic heterocycles. The number of rotatable bonds is 2. The summed E-state index contributed by atoms with van der Waals surface area (Å²) < 4.78 is 0. The summed E-state index contributed by atoms with van der Waals surface area (Å²) in [6.07, 6.45) is 7.01. The van der Waals surface area contributed by atoms with E-state index in [-0.39, 0.29) is 5.56 Å². The molecule has 1 aromatic carbocycles. The Hall–Kier alpha value is -2.85. The van der Waals surface area contributed by atoms with Crippen molar-refractivity contribution in [1.82, 2.24) is 9.97 Å². The molecule has 0 unspecified atom stereocenters. The van der Waals surface area contributed by atoms with Crippen molar-refractivity contribution in [3.05, 3.63) is 75.2 Å². The highest BCUT2D eigenvalue weighted by molar-refractivity contribution is 5.84. The minimum absolute atomic E-state index is 0.0788. The van der Waals surface area contributed by atoms with Gasteiger partial charge in [0.2, 0.25) is 0 Å². The number of pyridine rings is 1. The topological polar surface area (TPSA) is 74.7 Å². The summed E-state index contributed by atoms with van der Waals surface area (Å²) in [5.74, 6) is 0. The Morgan fingerprint density at radius 2 is 2.00 bits per heavy atom. The van der Waals surface area contributed by atoms with Crippen LogP contribution in [0.3, 0.4) is 0 Å². The normalized spacial score (nSPS) is 13.7. The van der Waals surface area contributed by atoms with E-state index in [1.54, 1.807) is 0 Å². The van der Waals surface area contributed by atoms with E-state index < -0.39 is 0 Å². The molecule has 4 heteroatoms. The van der Waals surface area contributed by atoms with Gasteiger partial charge in [0.05, 0.1) is 11.3 Å². The van der Waals surface area contributed by atoms with Gasteiger partial charge in [-0.2, -0.15) is 0 Å². The number of aromatic amines is 2. The van der Waals surface area contributed by atoms with Crippen molar-refractivity contribution in [2.75, 3.05) is 6.54 Å². The van der Waals surface area contributed by atoms with E-state index in [2.05, 4.69) is 28.2 Å². The van der Waals surface area contributed by atoms with Crippen LogP contribution in [0.4, 0.5) is 0 Å². The Morgan fingerprint density at radius 1 is 1.12 bits per heavy atom. The first-order valence-corrected chi connectivity index (χ1v) is 8.07. The fourth-order valence-electron chi connectivity index (χ4n) is 3.15. The molecule has 2 heterocycles. The SMILES string of the molecule is Cc1ccc2[nH]c(=O)c(-c3cc4c([nH]3)C=CC(CN)=CC4)cc2c1. The first kappa shape index (κ1) is 14.7. The number of nitrogens with two attached hydrogens (primary N) is 1. The van der Waals surface area contributed by atoms with E-state index in [9.17, 15) is 4.79 Å². The highest BCUT2D eigenvalue weighted by Gasteiger charge is 2.12.